The molecule has 3 N–H and O–H groups in total. The quantitative estimate of drug-likeness (QED) is 0.661. The van der Waals surface area contributed by atoms with Crippen LogP contribution >= 0.6 is 0 Å². The lowest BCUT2D eigenvalue weighted by Crippen LogP contribution is -2.40. The lowest BCUT2D eigenvalue weighted by molar-refractivity contribution is 0.00254. The minimum absolute atomic E-state index is 0.252. The van der Waals surface area contributed by atoms with Crippen molar-refractivity contribution in [2.75, 3.05) is 20.3 Å². The van der Waals surface area contributed by atoms with E-state index in [0.29, 0.717) is 13.1 Å². The highest BCUT2D eigenvalue weighted by molar-refractivity contribution is 5.28. The first-order valence-electron chi connectivity index (χ1n) is 5.24. The maximum atomic E-state index is 9.56. The van der Waals surface area contributed by atoms with Crippen molar-refractivity contribution >= 4 is 0 Å². The Morgan fingerprint density at radius 2 is 2.19 bits per heavy atom. The third-order valence-electron chi connectivity index (χ3n) is 2.31. The maximum absolute atomic E-state index is 9.56. The number of benzene rings is 1. The Bertz CT molecular complexity index is 326. The second-order valence-electron chi connectivity index (χ2n) is 4.11. The molecule has 1 unspecified atom stereocenters. The number of aliphatic hydroxyl groups is 2. The Balaban J connectivity index is 2.42. The largest absolute Gasteiger partial charge is 0.497 e. The molecule has 0 aliphatic carbocycles. The van der Waals surface area contributed by atoms with Crippen molar-refractivity contribution in [3.05, 3.63) is 29.8 Å². The van der Waals surface area contributed by atoms with Gasteiger partial charge in [0.2, 0.25) is 0 Å². The molecule has 0 bridgehead atoms. The second-order valence-corrected chi connectivity index (χ2v) is 4.11. The zero-order valence-electron chi connectivity index (χ0n) is 9.73. The van der Waals surface area contributed by atoms with Gasteiger partial charge in [-0.25, -0.2) is 0 Å². The molecule has 0 amide bonds. The van der Waals surface area contributed by atoms with Gasteiger partial charge in [-0.2, -0.15) is 0 Å². The fourth-order valence-corrected chi connectivity index (χ4v) is 1.31. The van der Waals surface area contributed by atoms with E-state index in [1.54, 1.807) is 14.0 Å². The number of ether oxygens (including phenoxy) is 1. The summed E-state index contributed by atoms with van der Waals surface area (Å²) in [6.07, 6.45) is 0. The number of rotatable bonds is 6. The van der Waals surface area contributed by atoms with Crippen LogP contribution in [0.1, 0.15) is 12.5 Å². The summed E-state index contributed by atoms with van der Waals surface area (Å²) in [6, 6.07) is 7.71. The summed E-state index contributed by atoms with van der Waals surface area (Å²) >= 11 is 0. The van der Waals surface area contributed by atoms with Crippen LogP contribution < -0.4 is 10.1 Å². The first-order chi connectivity index (χ1) is 7.57. The third-order valence-corrected chi connectivity index (χ3v) is 2.31. The number of hydrogen-bond acceptors (Lipinski definition) is 4. The lowest BCUT2D eigenvalue weighted by atomic mass is 10.1. The molecule has 0 aliphatic rings. The summed E-state index contributed by atoms with van der Waals surface area (Å²) < 4.78 is 5.11. The Kier molecular flexibility index (Phi) is 4.73. The Hall–Kier alpha value is -1.10. The fraction of sp³-hybridized carbons (Fsp3) is 0.500. The van der Waals surface area contributed by atoms with Gasteiger partial charge in [0.05, 0.1) is 19.3 Å². The summed E-state index contributed by atoms with van der Waals surface area (Å²) in [5.41, 5.74) is 0.00637. The van der Waals surface area contributed by atoms with Gasteiger partial charge < -0.3 is 20.3 Å². The van der Waals surface area contributed by atoms with Crippen molar-refractivity contribution in [1.82, 2.24) is 5.32 Å². The molecule has 0 radical (unpaired) electrons. The molecule has 0 spiro atoms. The van der Waals surface area contributed by atoms with Crippen LogP contribution in [0.5, 0.6) is 5.75 Å². The molecular weight excluding hydrogens is 206 g/mol. The average Bonchev–Trinajstić information content (AvgIpc) is 2.29. The summed E-state index contributed by atoms with van der Waals surface area (Å²) in [5, 5.41) is 21.5. The van der Waals surface area contributed by atoms with Crippen molar-refractivity contribution < 1.29 is 14.9 Å². The molecule has 1 atom stereocenters. The van der Waals surface area contributed by atoms with E-state index in [9.17, 15) is 5.11 Å². The number of aliphatic hydroxyl groups excluding tert-OH is 1. The minimum atomic E-state index is -1.07. The van der Waals surface area contributed by atoms with Crippen molar-refractivity contribution in [3.8, 4) is 5.75 Å². The third kappa shape index (κ3) is 4.18. The molecule has 16 heavy (non-hydrogen) atoms. The predicted octanol–water partition coefficient (Wildman–Crippen LogP) is 0.528. The van der Waals surface area contributed by atoms with E-state index in [1.807, 2.05) is 24.3 Å². The van der Waals surface area contributed by atoms with Crippen molar-refractivity contribution in [1.29, 1.82) is 0 Å². The Morgan fingerprint density at radius 3 is 2.81 bits per heavy atom. The normalized spacial score (nSPS) is 14.5. The van der Waals surface area contributed by atoms with Crippen LogP contribution in [0.15, 0.2) is 24.3 Å². The van der Waals surface area contributed by atoms with Crippen LogP contribution in [0.25, 0.3) is 0 Å². The van der Waals surface area contributed by atoms with Crippen LogP contribution in [0, 0.1) is 0 Å². The van der Waals surface area contributed by atoms with E-state index in [0.717, 1.165) is 11.3 Å². The molecule has 0 heterocycles. The van der Waals surface area contributed by atoms with Crippen molar-refractivity contribution in [2.45, 2.75) is 19.1 Å². The molecule has 0 saturated carbocycles. The zero-order valence-corrected chi connectivity index (χ0v) is 9.73. The number of hydrogen-bond donors (Lipinski definition) is 3. The van der Waals surface area contributed by atoms with E-state index in [1.165, 1.54) is 0 Å². The van der Waals surface area contributed by atoms with Gasteiger partial charge in [0.25, 0.3) is 0 Å². The molecule has 1 rings (SSSR count). The van der Waals surface area contributed by atoms with Crippen molar-refractivity contribution in [2.24, 2.45) is 0 Å². The van der Waals surface area contributed by atoms with Gasteiger partial charge in [-0.15, -0.1) is 0 Å². The summed E-state index contributed by atoms with van der Waals surface area (Å²) in [5.74, 6) is 0.813. The minimum Gasteiger partial charge on any atom is -0.497 e. The highest BCUT2D eigenvalue weighted by atomic mass is 16.5. The molecular formula is C12H19NO3. The number of methoxy groups -OCH3 is 1. The number of nitrogens with one attached hydrogen (secondary N) is 1. The highest BCUT2D eigenvalue weighted by Crippen LogP contribution is 2.12. The topological polar surface area (TPSA) is 61.7 Å². The van der Waals surface area contributed by atoms with Crippen LogP contribution in [0.2, 0.25) is 0 Å². The SMILES string of the molecule is COc1cccc(CNCC(C)(O)CO)c1. The lowest BCUT2D eigenvalue weighted by Gasteiger charge is -2.20. The molecule has 90 valence electrons. The zero-order chi connectivity index (χ0) is 12.0. The van der Waals surface area contributed by atoms with Gasteiger partial charge in [-0.1, -0.05) is 12.1 Å². The summed E-state index contributed by atoms with van der Waals surface area (Å²) in [4.78, 5) is 0. The fourth-order valence-electron chi connectivity index (χ4n) is 1.31. The van der Waals surface area contributed by atoms with E-state index in [-0.39, 0.29) is 6.61 Å². The van der Waals surface area contributed by atoms with Crippen LogP contribution in [-0.4, -0.2) is 36.1 Å². The van der Waals surface area contributed by atoms with Crippen LogP contribution in [0.3, 0.4) is 0 Å². The molecule has 1 aromatic carbocycles. The van der Waals surface area contributed by atoms with E-state index >= 15 is 0 Å². The molecule has 0 saturated heterocycles. The Morgan fingerprint density at radius 1 is 1.44 bits per heavy atom. The molecule has 4 heteroatoms. The predicted molar refractivity (Wildman–Crippen MR) is 62.4 cm³/mol. The van der Waals surface area contributed by atoms with Gasteiger partial charge in [0.15, 0.2) is 0 Å². The molecule has 0 fully saturated rings. The first-order valence-corrected chi connectivity index (χ1v) is 5.24. The van der Waals surface area contributed by atoms with Gasteiger partial charge in [-0.05, 0) is 24.6 Å². The van der Waals surface area contributed by atoms with Crippen LogP contribution in [-0.2, 0) is 6.54 Å². The molecule has 0 aliphatic heterocycles. The van der Waals surface area contributed by atoms with Gasteiger partial charge in [-0.3, -0.25) is 0 Å². The standard InChI is InChI=1S/C12H19NO3/c1-12(15,9-14)8-13-7-10-4-3-5-11(6-10)16-2/h3-6,13-15H,7-9H2,1-2H3. The monoisotopic (exact) mass is 225 g/mol. The summed E-state index contributed by atoms with van der Waals surface area (Å²) in [7, 11) is 1.63. The summed E-state index contributed by atoms with van der Waals surface area (Å²) in [6.45, 7) is 2.32. The first kappa shape index (κ1) is 13.0. The average molecular weight is 225 g/mol. The molecule has 1 aromatic rings. The molecule has 4 nitrogen and oxygen atoms in total. The Labute approximate surface area is 95.9 Å². The smallest absolute Gasteiger partial charge is 0.119 e. The second kappa shape index (κ2) is 5.84. The maximum Gasteiger partial charge on any atom is 0.119 e. The highest BCUT2D eigenvalue weighted by Gasteiger charge is 2.17. The van der Waals surface area contributed by atoms with Crippen LogP contribution in [0.4, 0.5) is 0 Å². The van der Waals surface area contributed by atoms with Crippen molar-refractivity contribution in [3.63, 3.8) is 0 Å². The molecule has 0 aromatic heterocycles. The van der Waals surface area contributed by atoms with E-state index < -0.39 is 5.60 Å². The van der Waals surface area contributed by atoms with Gasteiger partial charge in [0, 0.05) is 13.1 Å². The van der Waals surface area contributed by atoms with E-state index in [4.69, 9.17) is 9.84 Å². The van der Waals surface area contributed by atoms with Gasteiger partial charge in [0.1, 0.15) is 5.75 Å². The van der Waals surface area contributed by atoms with E-state index in [2.05, 4.69) is 5.32 Å². The van der Waals surface area contributed by atoms with Gasteiger partial charge >= 0.3 is 0 Å².